The van der Waals surface area contributed by atoms with E-state index < -0.39 is 64.6 Å². The van der Waals surface area contributed by atoms with E-state index in [2.05, 4.69) is 0 Å². The zero-order chi connectivity index (χ0) is 24.0. The average Bonchev–Trinajstić information content (AvgIpc) is 3.10. The van der Waals surface area contributed by atoms with Crippen LogP contribution in [0.5, 0.6) is 0 Å². The average molecular weight is 447 g/mol. The summed E-state index contributed by atoms with van der Waals surface area (Å²) in [5.74, 6) is -2.72. The maximum Gasteiger partial charge on any atom is 0.334 e. The van der Waals surface area contributed by atoms with Crippen LogP contribution in [0, 0.1) is 28.6 Å². The van der Waals surface area contributed by atoms with Gasteiger partial charge >= 0.3 is 5.97 Å². The van der Waals surface area contributed by atoms with Crippen LogP contribution in [-0.2, 0) is 14.3 Å². The van der Waals surface area contributed by atoms with Crippen LogP contribution in [0.15, 0.2) is 34.9 Å². The molecule has 8 atom stereocenters. The summed E-state index contributed by atoms with van der Waals surface area (Å²) in [4.78, 5) is 26.8. The third kappa shape index (κ3) is 2.45. The first kappa shape index (κ1) is 23.4. The second kappa shape index (κ2) is 6.86. The van der Waals surface area contributed by atoms with E-state index in [1.165, 1.54) is 6.08 Å². The molecule has 7 heteroatoms. The summed E-state index contributed by atoms with van der Waals surface area (Å²) >= 11 is 0. The summed E-state index contributed by atoms with van der Waals surface area (Å²) in [6.07, 6.45) is 2.08. The van der Waals surface area contributed by atoms with Crippen LogP contribution in [0.2, 0.25) is 0 Å². The van der Waals surface area contributed by atoms with Gasteiger partial charge in [0.25, 0.3) is 0 Å². The number of rotatable bonds is 3. The van der Waals surface area contributed by atoms with Gasteiger partial charge in [0.1, 0.15) is 6.10 Å². The van der Waals surface area contributed by atoms with E-state index in [0.29, 0.717) is 11.1 Å². The fourth-order valence-electron chi connectivity index (χ4n) is 7.01. The molecule has 1 spiro atoms. The molecular formula is C25H34O7. The highest BCUT2D eigenvalue weighted by atomic mass is 16.6. The number of aliphatic hydroxyl groups excluding tert-OH is 2. The first-order chi connectivity index (χ1) is 14.8. The summed E-state index contributed by atoms with van der Waals surface area (Å²) in [6.45, 7) is 9.98. The third-order valence-electron chi connectivity index (χ3n) is 9.04. The normalized spacial score (nSPS) is 46.9. The van der Waals surface area contributed by atoms with Crippen LogP contribution < -0.4 is 0 Å². The highest BCUT2D eigenvalue weighted by Gasteiger charge is 2.81. The topological polar surface area (TPSA) is 124 Å². The van der Waals surface area contributed by atoms with Crippen molar-refractivity contribution >= 4 is 11.8 Å². The molecule has 0 aliphatic heterocycles. The fourth-order valence-corrected chi connectivity index (χ4v) is 7.01. The lowest BCUT2D eigenvalue weighted by Crippen LogP contribution is -2.66. The van der Waals surface area contributed by atoms with Gasteiger partial charge in [-0.25, -0.2) is 4.79 Å². The number of carbonyl (C=O) groups excluding carboxylic acids is 2. The van der Waals surface area contributed by atoms with E-state index in [1.807, 2.05) is 13.8 Å². The molecule has 0 aromatic rings. The summed E-state index contributed by atoms with van der Waals surface area (Å²) in [7, 11) is 0. The maximum atomic E-state index is 14.2. The maximum absolute atomic E-state index is 14.2. The minimum atomic E-state index is -2.21. The smallest absolute Gasteiger partial charge is 0.334 e. The van der Waals surface area contributed by atoms with Crippen molar-refractivity contribution in [2.24, 2.45) is 28.6 Å². The molecule has 2 bridgehead atoms. The van der Waals surface area contributed by atoms with E-state index in [4.69, 9.17) is 4.74 Å². The van der Waals surface area contributed by atoms with Crippen molar-refractivity contribution in [2.75, 3.05) is 6.61 Å². The van der Waals surface area contributed by atoms with Crippen LogP contribution in [0.25, 0.3) is 0 Å². The number of ketones is 1. The highest BCUT2D eigenvalue weighted by molar-refractivity contribution is 5.96. The number of allylic oxidation sites excluding steroid dienone is 2. The Morgan fingerprint density at radius 3 is 2.50 bits per heavy atom. The summed E-state index contributed by atoms with van der Waals surface area (Å²) in [5.41, 5.74) is -4.55. The lowest BCUT2D eigenvalue weighted by Gasteiger charge is -2.49. The third-order valence-corrected chi connectivity index (χ3v) is 9.04. The van der Waals surface area contributed by atoms with Crippen LogP contribution in [0.1, 0.15) is 48.0 Å². The van der Waals surface area contributed by atoms with Gasteiger partial charge in [-0.2, -0.15) is 0 Å². The van der Waals surface area contributed by atoms with Crippen LogP contribution in [-0.4, -0.2) is 62.2 Å². The van der Waals surface area contributed by atoms with E-state index in [1.54, 1.807) is 39.8 Å². The second-order valence-electron chi connectivity index (χ2n) is 10.8. The Kier molecular flexibility index (Phi) is 5.00. The van der Waals surface area contributed by atoms with E-state index in [9.17, 15) is 30.0 Å². The van der Waals surface area contributed by atoms with Gasteiger partial charge in [0.15, 0.2) is 17.5 Å². The Morgan fingerprint density at radius 2 is 1.94 bits per heavy atom. The lowest BCUT2D eigenvalue weighted by molar-refractivity contribution is -0.202. The number of fused-ring (bicyclic) bond motifs is 3. The van der Waals surface area contributed by atoms with Gasteiger partial charge in [0.05, 0.1) is 17.6 Å². The number of ether oxygens (including phenoxy) is 1. The molecule has 4 N–H and O–H groups in total. The van der Waals surface area contributed by atoms with Crippen LogP contribution >= 0.6 is 0 Å². The predicted octanol–water partition coefficient (Wildman–Crippen LogP) is 1.45. The number of hydrogen-bond donors (Lipinski definition) is 4. The first-order valence-electron chi connectivity index (χ1n) is 11.3. The molecule has 0 radical (unpaired) electrons. The molecular weight excluding hydrogens is 412 g/mol. The molecule has 0 aromatic carbocycles. The number of hydrogen-bond acceptors (Lipinski definition) is 7. The largest absolute Gasteiger partial charge is 0.451 e. The molecule has 2 unspecified atom stereocenters. The summed E-state index contributed by atoms with van der Waals surface area (Å²) in [6, 6.07) is 0. The van der Waals surface area contributed by atoms with Gasteiger partial charge < -0.3 is 25.2 Å². The monoisotopic (exact) mass is 446 g/mol. The van der Waals surface area contributed by atoms with Crippen LogP contribution in [0.4, 0.5) is 0 Å². The van der Waals surface area contributed by atoms with Crippen molar-refractivity contribution in [3.05, 3.63) is 34.9 Å². The first-order valence-corrected chi connectivity index (χ1v) is 11.3. The number of esters is 1. The molecule has 2 fully saturated rings. The van der Waals surface area contributed by atoms with Gasteiger partial charge in [-0.05, 0) is 44.3 Å². The van der Waals surface area contributed by atoms with Crippen LogP contribution in [0.3, 0.4) is 0 Å². The Bertz CT molecular complexity index is 975. The van der Waals surface area contributed by atoms with Crippen molar-refractivity contribution < 1.29 is 34.8 Å². The minimum Gasteiger partial charge on any atom is -0.451 e. The summed E-state index contributed by atoms with van der Waals surface area (Å²) in [5, 5.41) is 45.2. The minimum absolute atomic E-state index is 0.0961. The molecule has 2 saturated carbocycles. The van der Waals surface area contributed by atoms with Crippen molar-refractivity contribution in [2.45, 2.75) is 71.4 Å². The Hall–Kier alpha value is -1.80. The molecule has 0 aromatic heterocycles. The molecule has 4 aliphatic carbocycles. The molecule has 7 nitrogen and oxygen atoms in total. The molecule has 0 amide bonds. The van der Waals surface area contributed by atoms with E-state index >= 15 is 0 Å². The quantitative estimate of drug-likeness (QED) is 0.294. The molecule has 176 valence electrons. The molecule has 32 heavy (non-hydrogen) atoms. The standard InChI is InChI=1S/C25H34O7/c1-7-12(2)21(29)32-20-13(3)9-23-14(4)10-24(30)17(22(24,5)6)16(19(23)28)8-15(11-26)18(27)25(20,23)31/h7-9,14,16-18,20,26-27,30-31H,10-11H2,1-6H3/b12-7-/t14?,16-,17+,18+,20-,23?,24-,25-/m0/s1. The highest BCUT2D eigenvalue weighted by Crippen LogP contribution is 2.73. The van der Waals surface area contributed by atoms with Gasteiger partial charge in [-0.15, -0.1) is 0 Å². The SMILES string of the molecule is C/C=C(/C)C(=O)O[C@H]1C(C)=CC23C(=O)[C@@H](C=C(CO)[C@@H](O)[C@]12O)[C@@H]1C(C)(C)[C@]1(O)CC3C. The van der Waals surface area contributed by atoms with Gasteiger partial charge in [-0.1, -0.05) is 39.0 Å². The van der Waals surface area contributed by atoms with Gasteiger partial charge in [0.2, 0.25) is 0 Å². The molecule has 4 rings (SSSR count). The van der Waals surface area contributed by atoms with E-state index in [0.717, 1.165) is 0 Å². The molecule has 4 aliphatic rings. The fraction of sp³-hybridized carbons (Fsp3) is 0.680. The number of Topliss-reactive ketones (excluding diaryl/α,β-unsaturated/α-hetero) is 1. The number of aliphatic hydroxyl groups is 4. The Morgan fingerprint density at radius 1 is 1.31 bits per heavy atom. The molecule has 0 heterocycles. The predicted molar refractivity (Wildman–Crippen MR) is 116 cm³/mol. The van der Waals surface area contributed by atoms with Crippen molar-refractivity contribution in [3.63, 3.8) is 0 Å². The zero-order valence-electron chi connectivity index (χ0n) is 19.5. The summed E-state index contributed by atoms with van der Waals surface area (Å²) < 4.78 is 5.69. The number of carbonyl (C=O) groups is 2. The van der Waals surface area contributed by atoms with Crippen molar-refractivity contribution in [3.8, 4) is 0 Å². The van der Waals surface area contributed by atoms with Crippen molar-refractivity contribution in [1.82, 2.24) is 0 Å². The van der Waals surface area contributed by atoms with Gasteiger partial charge in [-0.3, -0.25) is 4.79 Å². The molecule has 0 saturated heterocycles. The lowest BCUT2D eigenvalue weighted by atomic mass is 9.59. The Labute approximate surface area is 188 Å². The zero-order valence-corrected chi connectivity index (χ0v) is 19.5. The second-order valence-corrected chi connectivity index (χ2v) is 10.8. The van der Waals surface area contributed by atoms with Crippen molar-refractivity contribution in [1.29, 1.82) is 0 Å². The van der Waals surface area contributed by atoms with Gasteiger partial charge in [0, 0.05) is 22.8 Å². The van der Waals surface area contributed by atoms with E-state index in [-0.39, 0.29) is 17.8 Å². The Balaban J connectivity index is 1.94.